The first-order chi connectivity index (χ1) is 20.7. The van der Waals surface area contributed by atoms with Crippen LogP contribution in [-0.2, 0) is 24.3 Å². The van der Waals surface area contributed by atoms with E-state index in [-0.39, 0.29) is 17.4 Å². The summed E-state index contributed by atoms with van der Waals surface area (Å²) >= 11 is 25.2. The second-order valence-electron chi connectivity index (χ2n) is 10.4. The molecule has 0 radical (unpaired) electrons. The van der Waals surface area contributed by atoms with E-state index >= 15 is 0 Å². The minimum atomic E-state index is -0.256. The molecule has 1 amide bonds. The molecule has 0 unspecified atom stereocenters. The number of para-hydroxylation sites is 1. The maximum absolute atomic E-state index is 14.2. The second kappa shape index (κ2) is 15.3. The highest BCUT2D eigenvalue weighted by Crippen LogP contribution is 2.28. The number of nitrogens with one attached hydrogen (secondary N) is 1. The number of nitriles is 1. The van der Waals surface area contributed by atoms with E-state index in [0.29, 0.717) is 57.6 Å². The molecule has 4 aromatic rings. The summed E-state index contributed by atoms with van der Waals surface area (Å²) in [5.41, 5.74) is 3.63. The number of amides is 1. The molecule has 0 spiro atoms. The number of nitrogens with zero attached hydrogens (tertiary/aromatic N) is 5. The minimum Gasteiger partial charge on any atom is -0.330 e. The van der Waals surface area contributed by atoms with E-state index in [4.69, 9.17) is 52.3 Å². The van der Waals surface area contributed by atoms with Crippen molar-refractivity contribution in [2.24, 2.45) is 5.92 Å². The van der Waals surface area contributed by atoms with Gasteiger partial charge < -0.3 is 9.88 Å². The minimum absolute atomic E-state index is 0.0298. The van der Waals surface area contributed by atoms with E-state index in [1.54, 1.807) is 42.9 Å². The van der Waals surface area contributed by atoms with Crippen molar-refractivity contribution in [2.75, 3.05) is 11.9 Å². The molecular weight excluding hydrogens is 623 g/mol. The van der Waals surface area contributed by atoms with Crippen LogP contribution in [0.25, 0.3) is 0 Å². The Kier molecular flexibility index (Phi) is 11.6. The van der Waals surface area contributed by atoms with Gasteiger partial charge in [0, 0.05) is 31.5 Å². The molecule has 0 aliphatic rings. The normalized spacial score (nSPS) is 11.0. The Labute approximate surface area is 272 Å². The van der Waals surface area contributed by atoms with Gasteiger partial charge in [-0.2, -0.15) is 5.26 Å². The van der Waals surface area contributed by atoms with Crippen LogP contribution in [0.1, 0.15) is 42.7 Å². The van der Waals surface area contributed by atoms with Crippen molar-refractivity contribution in [1.82, 2.24) is 19.6 Å². The third-order valence-electron chi connectivity index (χ3n) is 6.74. The number of halogens is 3. The van der Waals surface area contributed by atoms with E-state index in [9.17, 15) is 4.79 Å². The number of aromatic nitrogens is 2. The molecule has 4 rings (SSSR count). The van der Waals surface area contributed by atoms with Gasteiger partial charge in [0.2, 0.25) is 5.91 Å². The summed E-state index contributed by atoms with van der Waals surface area (Å²) in [6, 6.07) is 22.1. The fourth-order valence-corrected chi connectivity index (χ4v) is 5.29. The van der Waals surface area contributed by atoms with E-state index in [1.807, 2.05) is 46.0 Å². The topological polar surface area (TPSA) is 77.2 Å². The molecule has 1 N–H and O–H groups in total. The van der Waals surface area contributed by atoms with Gasteiger partial charge in [0.15, 0.2) is 5.11 Å². The van der Waals surface area contributed by atoms with Crippen LogP contribution >= 0.6 is 47.0 Å². The third kappa shape index (κ3) is 8.79. The van der Waals surface area contributed by atoms with Crippen molar-refractivity contribution in [2.45, 2.75) is 39.8 Å². The highest BCUT2D eigenvalue weighted by Gasteiger charge is 2.28. The summed E-state index contributed by atoms with van der Waals surface area (Å²) in [5, 5.41) is 17.2. The van der Waals surface area contributed by atoms with Gasteiger partial charge in [0.1, 0.15) is 0 Å². The fraction of sp³-hybridized carbons (Fsp3) is 0.250. The van der Waals surface area contributed by atoms with Gasteiger partial charge in [-0.05, 0) is 66.0 Å². The molecule has 0 aliphatic heterocycles. The number of thiocarbonyl (C=S) groups is 1. The monoisotopic (exact) mass is 652 g/mol. The molecule has 11 heteroatoms. The van der Waals surface area contributed by atoms with Crippen molar-refractivity contribution in [1.29, 1.82) is 5.26 Å². The van der Waals surface area contributed by atoms with Crippen molar-refractivity contribution in [3.63, 3.8) is 0 Å². The SMILES string of the molecule is CC(C)CCN(Cc1cccc(Cl)c1Cl)N(C(=O)Cc1cncn1Cc1ccc(C#N)cc1)C(=S)Nc1ccccc1Cl. The Morgan fingerprint density at radius 3 is 2.47 bits per heavy atom. The Bertz CT molecular complexity index is 1620. The van der Waals surface area contributed by atoms with E-state index < -0.39 is 0 Å². The van der Waals surface area contributed by atoms with Crippen LogP contribution in [0.2, 0.25) is 15.1 Å². The predicted molar refractivity (Wildman–Crippen MR) is 177 cm³/mol. The van der Waals surface area contributed by atoms with Gasteiger partial charge in [0.05, 0.1) is 45.1 Å². The largest absolute Gasteiger partial charge is 0.330 e. The summed E-state index contributed by atoms with van der Waals surface area (Å²) in [5.74, 6) is 0.112. The average molecular weight is 654 g/mol. The standard InChI is InChI=1S/C32H31Cl3N6OS/c1-22(2)14-15-40(20-25-6-5-8-28(34)31(25)35)41(32(43)38-29-9-4-3-7-27(29)33)30(42)16-26-18-37-21-39(26)19-24-12-10-23(17-36)11-13-24/h3-13,18,21-22H,14-16,19-20H2,1-2H3,(H,38,43). The highest BCUT2D eigenvalue weighted by molar-refractivity contribution is 7.80. The number of carbonyl (C=O) groups excluding carboxylic acids is 1. The number of carbonyl (C=O) groups is 1. The van der Waals surface area contributed by atoms with Crippen molar-refractivity contribution in [3.05, 3.63) is 117 Å². The number of imidazole rings is 1. The highest BCUT2D eigenvalue weighted by atomic mass is 35.5. The zero-order chi connectivity index (χ0) is 30.9. The van der Waals surface area contributed by atoms with E-state index in [0.717, 1.165) is 17.5 Å². The zero-order valence-electron chi connectivity index (χ0n) is 23.8. The molecule has 0 saturated carbocycles. The summed E-state index contributed by atoms with van der Waals surface area (Å²) in [7, 11) is 0. The van der Waals surface area contributed by atoms with E-state index in [2.05, 4.69) is 30.2 Å². The van der Waals surface area contributed by atoms with E-state index in [1.165, 1.54) is 5.01 Å². The van der Waals surface area contributed by atoms with Crippen LogP contribution in [0.15, 0.2) is 79.3 Å². The van der Waals surface area contributed by atoms with Gasteiger partial charge >= 0.3 is 0 Å². The second-order valence-corrected chi connectivity index (χ2v) is 12.0. The first-order valence-corrected chi connectivity index (χ1v) is 15.2. The van der Waals surface area contributed by atoms with Gasteiger partial charge in [-0.3, -0.25) is 4.79 Å². The third-order valence-corrected chi connectivity index (χ3v) is 8.21. The predicted octanol–water partition coefficient (Wildman–Crippen LogP) is 7.99. The van der Waals surface area contributed by atoms with Crippen LogP contribution in [0.3, 0.4) is 0 Å². The maximum atomic E-state index is 14.2. The molecule has 7 nitrogen and oxygen atoms in total. The Morgan fingerprint density at radius 2 is 1.77 bits per heavy atom. The number of rotatable bonds is 11. The van der Waals surface area contributed by atoms with Gasteiger partial charge in [-0.1, -0.05) is 85.0 Å². The summed E-state index contributed by atoms with van der Waals surface area (Å²) in [4.78, 5) is 18.5. The quantitative estimate of drug-likeness (QED) is 0.131. The molecular formula is C32H31Cl3N6OS. The first kappa shape index (κ1) is 32.5. The van der Waals surface area contributed by atoms with Crippen LogP contribution < -0.4 is 5.32 Å². The maximum Gasteiger partial charge on any atom is 0.249 e. The van der Waals surface area contributed by atoms with Gasteiger partial charge in [0.25, 0.3) is 0 Å². The van der Waals surface area contributed by atoms with Crippen molar-refractivity contribution < 1.29 is 4.79 Å². The lowest BCUT2D eigenvalue weighted by Gasteiger charge is -2.36. The average Bonchev–Trinajstić information content (AvgIpc) is 3.41. The molecule has 0 bridgehead atoms. The summed E-state index contributed by atoms with van der Waals surface area (Å²) < 4.78 is 1.91. The van der Waals surface area contributed by atoms with Crippen molar-refractivity contribution in [3.8, 4) is 6.07 Å². The molecule has 3 aromatic carbocycles. The molecule has 0 saturated heterocycles. The number of anilines is 1. The zero-order valence-corrected chi connectivity index (χ0v) is 26.9. The van der Waals surface area contributed by atoms with Gasteiger partial charge in [-0.15, -0.1) is 0 Å². The molecule has 43 heavy (non-hydrogen) atoms. The molecule has 1 aromatic heterocycles. The van der Waals surface area contributed by atoms with Crippen LogP contribution in [0, 0.1) is 17.2 Å². The van der Waals surface area contributed by atoms with Gasteiger partial charge in [-0.25, -0.2) is 15.0 Å². The number of benzene rings is 3. The molecule has 1 heterocycles. The molecule has 0 aliphatic carbocycles. The van der Waals surface area contributed by atoms with Crippen LogP contribution in [0.4, 0.5) is 5.69 Å². The number of hydrogen-bond acceptors (Lipinski definition) is 5. The van der Waals surface area contributed by atoms with Crippen LogP contribution in [0.5, 0.6) is 0 Å². The molecule has 222 valence electrons. The lowest BCUT2D eigenvalue weighted by atomic mass is 10.1. The Hall–Kier alpha value is -3.45. The smallest absolute Gasteiger partial charge is 0.249 e. The number of hydrazine groups is 1. The fourth-order valence-electron chi connectivity index (χ4n) is 4.40. The summed E-state index contributed by atoms with van der Waals surface area (Å²) in [6.07, 6.45) is 4.19. The summed E-state index contributed by atoms with van der Waals surface area (Å²) in [6.45, 7) is 5.57. The van der Waals surface area contributed by atoms with Crippen LogP contribution in [-0.4, -0.2) is 37.1 Å². The Morgan fingerprint density at radius 1 is 1.05 bits per heavy atom. The lowest BCUT2D eigenvalue weighted by molar-refractivity contribution is -0.139. The molecule has 0 fully saturated rings. The Balaban J connectivity index is 1.66. The molecule has 0 atom stereocenters. The van der Waals surface area contributed by atoms with Crippen molar-refractivity contribution >= 4 is 63.7 Å². The lowest BCUT2D eigenvalue weighted by Crippen LogP contribution is -2.52. The number of hydrogen-bond donors (Lipinski definition) is 1. The first-order valence-electron chi connectivity index (χ1n) is 13.7.